The Hall–Kier alpha value is -3.02. The lowest BCUT2D eigenvalue weighted by Gasteiger charge is -2.20. The maximum absolute atomic E-state index is 12.4. The smallest absolute Gasteiger partial charge is 0.309 e. The SMILES string of the molecule is COc1ccc(OCCC(=O)OCC(=O)Nc2c(C(C)C)cccc2C(C)C)cc1. The van der Waals surface area contributed by atoms with E-state index in [2.05, 4.69) is 33.0 Å². The van der Waals surface area contributed by atoms with Crippen molar-refractivity contribution in [3.63, 3.8) is 0 Å². The van der Waals surface area contributed by atoms with E-state index in [1.54, 1.807) is 31.4 Å². The summed E-state index contributed by atoms with van der Waals surface area (Å²) in [5, 5.41) is 2.93. The zero-order valence-corrected chi connectivity index (χ0v) is 18.4. The van der Waals surface area contributed by atoms with Crippen molar-refractivity contribution in [3.8, 4) is 11.5 Å². The number of benzene rings is 2. The van der Waals surface area contributed by atoms with Gasteiger partial charge in [0.25, 0.3) is 5.91 Å². The van der Waals surface area contributed by atoms with Crippen LogP contribution in [0.5, 0.6) is 11.5 Å². The number of nitrogens with one attached hydrogen (secondary N) is 1. The first-order chi connectivity index (χ1) is 14.3. The molecule has 1 amide bonds. The summed E-state index contributed by atoms with van der Waals surface area (Å²) in [5.41, 5.74) is 2.94. The third-order valence-electron chi connectivity index (χ3n) is 4.64. The number of anilines is 1. The van der Waals surface area contributed by atoms with Gasteiger partial charge in [-0.15, -0.1) is 0 Å². The summed E-state index contributed by atoms with van der Waals surface area (Å²) in [7, 11) is 1.59. The van der Waals surface area contributed by atoms with Gasteiger partial charge in [0, 0.05) is 5.69 Å². The molecule has 0 atom stereocenters. The Morgan fingerprint density at radius 1 is 0.900 bits per heavy atom. The van der Waals surface area contributed by atoms with Gasteiger partial charge in [-0.2, -0.15) is 0 Å². The van der Waals surface area contributed by atoms with Crippen molar-refractivity contribution in [2.24, 2.45) is 0 Å². The maximum atomic E-state index is 12.4. The van der Waals surface area contributed by atoms with Crippen molar-refractivity contribution in [2.45, 2.75) is 46.0 Å². The van der Waals surface area contributed by atoms with E-state index in [0.29, 0.717) is 5.75 Å². The van der Waals surface area contributed by atoms with Gasteiger partial charge in [-0.05, 0) is 47.2 Å². The molecule has 0 heterocycles. The second kappa shape index (κ2) is 11.2. The summed E-state index contributed by atoms with van der Waals surface area (Å²) < 4.78 is 15.7. The van der Waals surface area contributed by atoms with Gasteiger partial charge in [-0.1, -0.05) is 45.9 Å². The molecule has 2 rings (SSSR count). The number of carbonyl (C=O) groups excluding carboxylic acids is 2. The Bertz CT molecular complexity index is 817. The second-order valence-electron chi connectivity index (χ2n) is 7.60. The fourth-order valence-corrected chi connectivity index (χ4v) is 3.01. The van der Waals surface area contributed by atoms with Gasteiger partial charge in [0.15, 0.2) is 6.61 Å². The summed E-state index contributed by atoms with van der Waals surface area (Å²) >= 11 is 0. The number of hydrogen-bond acceptors (Lipinski definition) is 5. The van der Waals surface area contributed by atoms with Gasteiger partial charge in [0.2, 0.25) is 0 Å². The highest BCUT2D eigenvalue weighted by atomic mass is 16.5. The van der Waals surface area contributed by atoms with Crippen LogP contribution in [0.3, 0.4) is 0 Å². The van der Waals surface area contributed by atoms with Crippen LogP contribution in [0.15, 0.2) is 42.5 Å². The summed E-state index contributed by atoms with van der Waals surface area (Å²) in [4.78, 5) is 24.3. The Labute approximate surface area is 178 Å². The zero-order valence-electron chi connectivity index (χ0n) is 18.4. The molecule has 0 saturated carbocycles. The number of amides is 1. The van der Waals surface area contributed by atoms with E-state index < -0.39 is 5.97 Å². The first kappa shape index (κ1) is 23.3. The number of hydrogen-bond donors (Lipinski definition) is 1. The first-order valence-electron chi connectivity index (χ1n) is 10.2. The third-order valence-corrected chi connectivity index (χ3v) is 4.64. The molecule has 1 N–H and O–H groups in total. The van der Waals surface area contributed by atoms with Crippen molar-refractivity contribution in [2.75, 3.05) is 25.6 Å². The molecule has 0 aliphatic heterocycles. The van der Waals surface area contributed by atoms with E-state index >= 15 is 0 Å². The Morgan fingerprint density at radius 2 is 1.47 bits per heavy atom. The Kier molecular flexibility index (Phi) is 8.71. The molecule has 0 aliphatic carbocycles. The predicted molar refractivity (Wildman–Crippen MR) is 117 cm³/mol. The Morgan fingerprint density at radius 3 is 2.00 bits per heavy atom. The van der Waals surface area contributed by atoms with E-state index in [0.717, 1.165) is 22.6 Å². The summed E-state index contributed by atoms with van der Waals surface area (Å²) in [6.45, 7) is 8.16. The highest BCUT2D eigenvalue weighted by Crippen LogP contribution is 2.32. The van der Waals surface area contributed by atoms with Gasteiger partial charge < -0.3 is 19.5 Å². The zero-order chi connectivity index (χ0) is 22.1. The number of esters is 1. The molecule has 6 heteroatoms. The summed E-state index contributed by atoms with van der Waals surface area (Å²) in [5.74, 6) is 1.04. The van der Waals surface area contributed by atoms with E-state index in [9.17, 15) is 9.59 Å². The van der Waals surface area contributed by atoms with Crippen LogP contribution in [0.25, 0.3) is 0 Å². The summed E-state index contributed by atoms with van der Waals surface area (Å²) in [6.07, 6.45) is 0.0547. The highest BCUT2D eigenvalue weighted by Gasteiger charge is 2.17. The molecule has 0 bridgehead atoms. The fourth-order valence-electron chi connectivity index (χ4n) is 3.01. The molecule has 0 unspecified atom stereocenters. The van der Waals surface area contributed by atoms with Crippen molar-refractivity contribution < 1.29 is 23.8 Å². The Balaban J connectivity index is 1.83. The fraction of sp³-hybridized carbons (Fsp3) is 0.417. The van der Waals surface area contributed by atoms with Gasteiger partial charge in [-0.3, -0.25) is 9.59 Å². The van der Waals surface area contributed by atoms with Crippen LogP contribution in [-0.2, 0) is 14.3 Å². The lowest BCUT2D eigenvalue weighted by molar-refractivity contribution is -0.147. The molecule has 0 fully saturated rings. The normalized spacial score (nSPS) is 10.8. The van der Waals surface area contributed by atoms with E-state index in [1.807, 2.05) is 18.2 Å². The molecular weight excluding hydrogens is 382 g/mol. The first-order valence-corrected chi connectivity index (χ1v) is 10.2. The second-order valence-corrected chi connectivity index (χ2v) is 7.60. The highest BCUT2D eigenvalue weighted by molar-refractivity contribution is 5.94. The van der Waals surface area contributed by atoms with Gasteiger partial charge in [0.1, 0.15) is 11.5 Å². The third kappa shape index (κ3) is 6.79. The molecule has 0 aromatic heterocycles. The molecule has 2 aromatic carbocycles. The molecule has 0 aliphatic rings. The predicted octanol–water partition coefficient (Wildman–Crippen LogP) is 4.89. The minimum absolute atomic E-state index is 0.0547. The quantitative estimate of drug-likeness (QED) is 0.561. The van der Waals surface area contributed by atoms with Crippen molar-refractivity contribution >= 4 is 17.6 Å². The largest absolute Gasteiger partial charge is 0.497 e. The molecule has 0 radical (unpaired) electrons. The van der Waals surface area contributed by atoms with Crippen LogP contribution >= 0.6 is 0 Å². The summed E-state index contributed by atoms with van der Waals surface area (Å²) in [6, 6.07) is 13.1. The minimum atomic E-state index is -0.486. The van der Waals surface area contributed by atoms with Crippen LogP contribution in [0.1, 0.15) is 57.1 Å². The lowest BCUT2D eigenvalue weighted by atomic mass is 9.92. The standard InChI is InChI=1S/C24H31NO5/c1-16(2)20-7-6-8-21(17(3)4)24(20)25-22(26)15-30-23(27)13-14-29-19-11-9-18(28-5)10-12-19/h6-12,16-17H,13-15H2,1-5H3,(H,25,26). The van der Waals surface area contributed by atoms with Crippen LogP contribution < -0.4 is 14.8 Å². The maximum Gasteiger partial charge on any atom is 0.309 e. The van der Waals surface area contributed by atoms with E-state index in [4.69, 9.17) is 14.2 Å². The van der Waals surface area contributed by atoms with Crippen molar-refractivity contribution in [3.05, 3.63) is 53.6 Å². The minimum Gasteiger partial charge on any atom is -0.497 e. The number of methoxy groups -OCH3 is 1. The number of para-hydroxylation sites is 1. The number of rotatable bonds is 10. The number of carbonyl (C=O) groups is 2. The van der Waals surface area contributed by atoms with Crippen molar-refractivity contribution in [1.82, 2.24) is 0 Å². The molecular formula is C24H31NO5. The molecule has 162 valence electrons. The lowest BCUT2D eigenvalue weighted by Crippen LogP contribution is -2.23. The molecule has 0 saturated heterocycles. The van der Waals surface area contributed by atoms with Gasteiger partial charge >= 0.3 is 5.97 Å². The van der Waals surface area contributed by atoms with E-state index in [-0.39, 0.29) is 37.4 Å². The topological polar surface area (TPSA) is 73.9 Å². The molecule has 30 heavy (non-hydrogen) atoms. The number of ether oxygens (including phenoxy) is 3. The molecule has 2 aromatic rings. The molecule has 0 spiro atoms. The van der Waals surface area contributed by atoms with Crippen LogP contribution in [0, 0.1) is 0 Å². The van der Waals surface area contributed by atoms with Gasteiger partial charge in [0.05, 0.1) is 20.1 Å². The van der Waals surface area contributed by atoms with Crippen molar-refractivity contribution in [1.29, 1.82) is 0 Å². The average Bonchev–Trinajstić information content (AvgIpc) is 2.72. The van der Waals surface area contributed by atoms with Crippen LogP contribution in [-0.4, -0.2) is 32.2 Å². The van der Waals surface area contributed by atoms with Crippen LogP contribution in [0.4, 0.5) is 5.69 Å². The van der Waals surface area contributed by atoms with E-state index in [1.165, 1.54) is 0 Å². The molecule has 6 nitrogen and oxygen atoms in total. The van der Waals surface area contributed by atoms with Gasteiger partial charge in [-0.25, -0.2) is 0 Å². The monoisotopic (exact) mass is 413 g/mol. The van der Waals surface area contributed by atoms with Crippen LogP contribution in [0.2, 0.25) is 0 Å². The average molecular weight is 414 g/mol.